The van der Waals surface area contributed by atoms with E-state index < -0.39 is 0 Å². The molecule has 0 bridgehead atoms. The molecule has 2 heterocycles. The van der Waals surface area contributed by atoms with Crippen LogP contribution in [0.1, 0.15) is 21.5 Å². The van der Waals surface area contributed by atoms with Gasteiger partial charge in [-0.1, -0.05) is 54.2 Å². The van der Waals surface area contributed by atoms with E-state index in [1.54, 1.807) is 29.3 Å². The first-order valence-electron chi connectivity index (χ1n) is 9.73. The molecule has 3 aromatic carbocycles. The largest absolute Gasteiger partial charge is 0.361 e. The molecular weight excluding hydrogens is 424 g/mol. The van der Waals surface area contributed by atoms with Gasteiger partial charge in [0.25, 0.3) is 5.91 Å². The molecule has 0 fully saturated rings. The Morgan fingerprint density at radius 1 is 1.06 bits per heavy atom. The van der Waals surface area contributed by atoms with Gasteiger partial charge < -0.3 is 4.98 Å². The third-order valence-electron chi connectivity index (χ3n) is 4.84. The summed E-state index contributed by atoms with van der Waals surface area (Å²) in [6.07, 6.45) is 3.53. The molecule has 0 aliphatic carbocycles. The van der Waals surface area contributed by atoms with E-state index >= 15 is 0 Å². The molecule has 0 spiro atoms. The SMILES string of the molecule is O=C(NN=Cc1c[nH]c2ccccc12)c1ccc(CSc2nc3ccccc3s2)cc1. The van der Waals surface area contributed by atoms with Crippen molar-refractivity contribution >= 4 is 56.3 Å². The fourth-order valence-corrected chi connectivity index (χ4v) is 5.26. The molecule has 7 heteroatoms. The van der Waals surface area contributed by atoms with Gasteiger partial charge in [0.15, 0.2) is 4.34 Å². The summed E-state index contributed by atoms with van der Waals surface area (Å²) < 4.78 is 2.25. The number of thiazole rings is 1. The van der Waals surface area contributed by atoms with Crippen LogP contribution in [0.2, 0.25) is 0 Å². The third kappa shape index (κ3) is 4.38. The van der Waals surface area contributed by atoms with Crippen LogP contribution in [-0.2, 0) is 5.75 Å². The second-order valence-corrected chi connectivity index (χ2v) is 9.17. The second kappa shape index (κ2) is 8.75. The van der Waals surface area contributed by atoms with E-state index in [9.17, 15) is 4.79 Å². The Labute approximate surface area is 187 Å². The molecule has 152 valence electrons. The predicted molar refractivity (Wildman–Crippen MR) is 129 cm³/mol. The van der Waals surface area contributed by atoms with Crippen molar-refractivity contribution in [2.45, 2.75) is 10.1 Å². The maximum Gasteiger partial charge on any atom is 0.271 e. The highest BCUT2D eigenvalue weighted by molar-refractivity contribution is 8.00. The highest BCUT2D eigenvalue weighted by atomic mass is 32.2. The number of thioether (sulfide) groups is 1. The molecule has 0 aliphatic rings. The third-order valence-corrected chi connectivity index (χ3v) is 7.09. The number of carbonyl (C=O) groups is 1. The number of para-hydroxylation sites is 2. The maximum absolute atomic E-state index is 12.4. The number of aromatic amines is 1. The molecule has 0 unspecified atom stereocenters. The van der Waals surface area contributed by atoms with Crippen LogP contribution in [-0.4, -0.2) is 22.1 Å². The molecule has 0 saturated heterocycles. The number of H-pyrrole nitrogens is 1. The van der Waals surface area contributed by atoms with Gasteiger partial charge in [0.05, 0.1) is 16.4 Å². The lowest BCUT2D eigenvalue weighted by atomic mass is 10.1. The summed E-state index contributed by atoms with van der Waals surface area (Å²) in [6.45, 7) is 0. The predicted octanol–water partition coefficient (Wildman–Crippen LogP) is 5.83. The summed E-state index contributed by atoms with van der Waals surface area (Å²) in [5.74, 6) is 0.571. The first kappa shape index (κ1) is 19.5. The Kier molecular flexibility index (Phi) is 5.52. The average molecular weight is 443 g/mol. The molecule has 5 rings (SSSR count). The number of nitrogens with zero attached hydrogens (tertiary/aromatic N) is 2. The number of hydrogen-bond donors (Lipinski definition) is 2. The number of carbonyl (C=O) groups excluding carboxylic acids is 1. The normalized spacial score (nSPS) is 11.5. The van der Waals surface area contributed by atoms with Crippen LogP contribution in [0.4, 0.5) is 0 Å². The number of rotatable bonds is 6. The van der Waals surface area contributed by atoms with Crippen molar-refractivity contribution in [3.05, 3.63) is 95.7 Å². The van der Waals surface area contributed by atoms with Crippen LogP contribution in [0, 0.1) is 0 Å². The molecule has 0 radical (unpaired) electrons. The van der Waals surface area contributed by atoms with Crippen LogP contribution in [0.3, 0.4) is 0 Å². The van der Waals surface area contributed by atoms with Crippen LogP contribution in [0.25, 0.3) is 21.1 Å². The Morgan fingerprint density at radius 3 is 2.74 bits per heavy atom. The summed E-state index contributed by atoms with van der Waals surface area (Å²) >= 11 is 3.41. The highest BCUT2D eigenvalue weighted by Crippen LogP contribution is 2.31. The van der Waals surface area contributed by atoms with Crippen molar-refractivity contribution in [1.82, 2.24) is 15.4 Å². The van der Waals surface area contributed by atoms with Crippen molar-refractivity contribution in [3.8, 4) is 0 Å². The lowest BCUT2D eigenvalue weighted by Gasteiger charge is -2.02. The van der Waals surface area contributed by atoms with E-state index in [1.165, 1.54) is 4.70 Å². The number of aromatic nitrogens is 2. The maximum atomic E-state index is 12.4. The summed E-state index contributed by atoms with van der Waals surface area (Å²) in [5, 5.41) is 5.17. The fraction of sp³-hybridized carbons (Fsp3) is 0.0417. The number of nitrogens with one attached hydrogen (secondary N) is 2. The van der Waals surface area contributed by atoms with E-state index in [0.29, 0.717) is 5.56 Å². The quantitative estimate of drug-likeness (QED) is 0.197. The number of hydrogen-bond acceptors (Lipinski definition) is 5. The molecule has 0 atom stereocenters. The van der Waals surface area contributed by atoms with E-state index in [4.69, 9.17) is 0 Å². The molecule has 5 nitrogen and oxygen atoms in total. The Hall–Kier alpha value is -3.42. The average Bonchev–Trinajstić information content (AvgIpc) is 3.42. The number of fused-ring (bicyclic) bond motifs is 2. The van der Waals surface area contributed by atoms with Crippen LogP contribution >= 0.6 is 23.1 Å². The molecule has 31 heavy (non-hydrogen) atoms. The minimum atomic E-state index is -0.235. The summed E-state index contributed by atoms with van der Waals surface area (Å²) in [5.41, 5.74) is 7.32. The number of amides is 1. The smallest absolute Gasteiger partial charge is 0.271 e. The molecule has 1 amide bonds. The van der Waals surface area contributed by atoms with Crippen molar-refractivity contribution in [2.75, 3.05) is 0 Å². The lowest BCUT2D eigenvalue weighted by Crippen LogP contribution is -2.17. The second-order valence-electron chi connectivity index (χ2n) is 6.92. The molecule has 0 aliphatic heterocycles. The van der Waals surface area contributed by atoms with Crippen LogP contribution < -0.4 is 5.43 Å². The first-order chi connectivity index (χ1) is 15.3. The number of benzene rings is 3. The van der Waals surface area contributed by atoms with E-state index in [0.717, 1.165) is 37.6 Å². The molecule has 2 aromatic heterocycles. The monoisotopic (exact) mass is 442 g/mol. The van der Waals surface area contributed by atoms with Gasteiger partial charge in [-0.3, -0.25) is 4.79 Å². The summed E-state index contributed by atoms with van der Waals surface area (Å²) in [4.78, 5) is 20.2. The zero-order valence-corrected chi connectivity index (χ0v) is 18.0. The Balaban J connectivity index is 1.18. The van der Waals surface area contributed by atoms with Gasteiger partial charge in [-0.05, 0) is 35.9 Å². The van der Waals surface area contributed by atoms with Crippen LogP contribution in [0.15, 0.2) is 88.4 Å². The molecular formula is C24H18N4OS2. The van der Waals surface area contributed by atoms with E-state index in [2.05, 4.69) is 26.6 Å². The standard InChI is InChI=1S/C24H18N4OS2/c29-23(28-26-14-18-13-25-20-6-2-1-5-19(18)20)17-11-9-16(10-12-17)15-30-24-27-21-7-3-4-8-22(21)31-24/h1-14,25H,15H2,(H,28,29). The summed E-state index contributed by atoms with van der Waals surface area (Å²) in [6, 6.07) is 23.7. The lowest BCUT2D eigenvalue weighted by molar-refractivity contribution is 0.0955. The van der Waals surface area contributed by atoms with Crippen molar-refractivity contribution in [2.24, 2.45) is 5.10 Å². The van der Waals surface area contributed by atoms with Crippen LogP contribution in [0.5, 0.6) is 0 Å². The van der Waals surface area contributed by atoms with Crippen molar-refractivity contribution in [3.63, 3.8) is 0 Å². The van der Waals surface area contributed by atoms with Crippen molar-refractivity contribution < 1.29 is 4.79 Å². The van der Waals surface area contributed by atoms with Gasteiger partial charge in [-0.25, -0.2) is 10.4 Å². The van der Waals surface area contributed by atoms with Gasteiger partial charge in [-0.2, -0.15) is 5.10 Å². The number of hydrazone groups is 1. The topological polar surface area (TPSA) is 70.1 Å². The summed E-state index contributed by atoms with van der Waals surface area (Å²) in [7, 11) is 0. The minimum absolute atomic E-state index is 0.235. The minimum Gasteiger partial charge on any atom is -0.361 e. The van der Waals surface area contributed by atoms with Gasteiger partial charge in [0.2, 0.25) is 0 Å². The van der Waals surface area contributed by atoms with Gasteiger partial charge in [0.1, 0.15) is 0 Å². The molecule has 0 saturated carbocycles. The highest BCUT2D eigenvalue weighted by Gasteiger charge is 2.07. The molecule has 5 aromatic rings. The first-order valence-corrected chi connectivity index (χ1v) is 11.5. The van der Waals surface area contributed by atoms with Gasteiger partial charge in [0, 0.05) is 34.0 Å². The van der Waals surface area contributed by atoms with Gasteiger partial charge >= 0.3 is 0 Å². The Morgan fingerprint density at radius 2 is 1.87 bits per heavy atom. The van der Waals surface area contributed by atoms with Gasteiger partial charge in [-0.15, -0.1) is 11.3 Å². The van der Waals surface area contributed by atoms with E-state index in [-0.39, 0.29) is 5.91 Å². The molecule has 2 N–H and O–H groups in total. The fourth-order valence-electron chi connectivity index (χ4n) is 3.24. The Bertz CT molecular complexity index is 1350. The zero-order valence-electron chi connectivity index (χ0n) is 16.4. The van der Waals surface area contributed by atoms with E-state index in [1.807, 2.05) is 72.9 Å². The zero-order chi connectivity index (χ0) is 21.0. The van der Waals surface area contributed by atoms with Crippen molar-refractivity contribution in [1.29, 1.82) is 0 Å².